The highest BCUT2D eigenvalue weighted by Gasteiger charge is 2.41. The zero-order valence-electron chi connectivity index (χ0n) is 37.7. The Hall–Kier alpha value is -6.94. The molecule has 0 amide bonds. The first-order valence-corrected chi connectivity index (χ1v) is 23.9. The van der Waals surface area contributed by atoms with Crippen LogP contribution < -0.4 is 19.9 Å². The first-order chi connectivity index (χ1) is 33.9. The lowest BCUT2D eigenvalue weighted by Crippen LogP contribution is -2.32. The van der Waals surface area contributed by atoms with Gasteiger partial charge in [0.25, 0.3) is 0 Å². The largest absolute Gasteiger partial charge is 0.658 e. The lowest BCUT2D eigenvalue weighted by atomic mass is 9.79. The molecule has 0 saturated carbocycles. The van der Waals surface area contributed by atoms with Crippen molar-refractivity contribution in [3.8, 4) is 32.6 Å². The number of pyridine rings is 4. The van der Waals surface area contributed by atoms with E-state index in [1.54, 1.807) is 36.7 Å². The highest BCUT2D eigenvalue weighted by atomic mass is 32.1. The molecule has 0 saturated heterocycles. The number of nitrogens with one attached hydrogen (secondary N) is 2. The van der Waals surface area contributed by atoms with Crippen molar-refractivity contribution in [3.63, 3.8) is 0 Å². The van der Waals surface area contributed by atoms with Crippen molar-refractivity contribution in [1.29, 1.82) is 0 Å². The summed E-state index contributed by atoms with van der Waals surface area (Å²) < 4.78 is 91.8. The third kappa shape index (κ3) is 10.0. The van der Waals surface area contributed by atoms with Gasteiger partial charge in [-0.25, -0.2) is 29.9 Å². The van der Waals surface area contributed by atoms with Gasteiger partial charge in [-0.3, -0.25) is 0 Å². The number of hydrogen-bond acceptors (Lipinski definition) is 14. The Labute approximate surface area is 411 Å². The van der Waals surface area contributed by atoms with Gasteiger partial charge < -0.3 is 30.2 Å². The van der Waals surface area contributed by atoms with Crippen LogP contribution in [0.4, 0.5) is 49.6 Å². The van der Waals surface area contributed by atoms with Crippen molar-refractivity contribution in [2.24, 2.45) is 0 Å². The van der Waals surface area contributed by atoms with Crippen LogP contribution in [0.5, 0.6) is 11.5 Å². The summed E-state index contributed by atoms with van der Waals surface area (Å²) in [7, 11) is 1.23. The molecule has 0 spiro atoms. The van der Waals surface area contributed by atoms with E-state index in [4.69, 9.17) is 9.31 Å². The molecule has 0 fully saturated rings. The molecule has 2 aliphatic carbocycles. The smallest absolute Gasteiger partial charge is 0.526 e. The highest BCUT2D eigenvalue weighted by Crippen LogP contribution is 2.46. The number of aliphatic hydroxyl groups is 2. The molecule has 71 heavy (non-hydrogen) atoms. The second-order valence-electron chi connectivity index (χ2n) is 17.4. The third-order valence-corrected chi connectivity index (χ3v) is 14.6. The quantitative estimate of drug-likeness (QED) is 0.0679. The number of rotatable bonds is 12. The van der Waals surface area contributed by atoms with Crippen LogP contribution in [-0.2, 0) is 36.4 Å². The number of benzene rings is 2. The van der Waals surface area contributed by atoms with Gasteiger partial charge in [0.1, 0.15) is 56.0 Å². The molecule has 4 N–H and O–H groups in total. The summed E-state index contributed by atoms with van der Waals surface area (Å²) in [6, 6.07) is 21.6. The molecule has 1 radical (unpaired) electrons. The van der Waals surface area contributed by atoms with Crippen LogP contribution in [0.15, 0.2) is 110 Å². The molecule has 8 aromatic rings. The summed E-state index contributed by atoms with van der Waals surface area (Å²) in [5.74, 6) is 1.61. The number of aromatic nitrogens is 6. The predicted octanol–water partition coefficient (Wildman–Crippen LogP) is 11.8. The number of halogens is 6. The van der Waals surface area contributed by atoms with Gasteiger partial charge in [0.15, 0.2) is 0 Å². The van der Waals surface area contributed by atoms with Crippen LogP contribution in [-0.4, -0.2) is 47.8 Å². The predicted molar refractivity (Wildman–Crippen MR) is 257 cm³/mol. The maximum Gasteiger partial charge on any atom is 0.658 e. The van der Waals surface area contributed by atoms with E-state index in [0.717, 1.165) is 58.9 Å². The van der Waals surface area contributed by atoms with Crippen molar-refractivity contribution in [2.75, 3.05) is 10.6 Å². The monoisotopic (exact) mass is 1010 g/mol. The van der Waals surface area contributed by atoms with Crippen molar-refractivity contribution in [1.82, 2.24) is 29.9 Å². The van der Waals surface area contributed by atoms with E-state index in [0.29, 0.717) is 104 Å². The summed E-state index contributed by atoms with van der Waals surface area (Å²) in [5, 5.41) is 31.1. The van der Waals surface area contributed by atoms with Gasteiger partial charge in [-0.05, 0) is 159 Å². The van der Waals surface area contributed by atoms with Gasteiger partial charge in [-0.15, -0.1) is 22.7 Å². The van der Waals surface area contributed by atoms with Gasteiger partial charge in [0.2, 0.25) is 0 Å². The highest BCUT2D eigenvalue weighted by molar-refractivity contribution is 7.15. The average molecular weight is 1010 g/mol. The summed E-state index contributed by atoms with van der Waals surface area (Å²) in [4.78, 5) is 27.9. The summed E-state index contributed by atoms with van der Waals surface area (Å²) in [6.45, 7) is 3.69. The van der Waals surface area contributed by atoms with Crippen LogP contribution in [0.25, 0.3) is 21.1 Å². The van der Waals surface area contributed by atoms with Crippen LogP contribution in [0, 0.1) is 13.8 Å². The number of anilines is 4. The first kappa shape index (κ1) is 47.7. The van der Waals surface area contributed by atoms with E-state index in [2.05, 4.69) is 40.5 Å². The van der Waals surface area contributed by atoms with Crippen LogP contribution >= 0.6 is 22.7 Å². The fraction of sp³-hybridized carbons (Fsp3) is 0.240. The Morgan fingerprint density at radius 1 is 0.563 bits per heavy atom. The van der Waals surface area contributed by atoms with Gasteiger partial charge >= 0.3 is 20.0 Å². The Kier molecular flexibility index (Phi) is 12.6. The molecule has 6 aromatic heterocycles. The average Bonchev–Trinajstić information content (AvgIpc) is 4.04. The van der Waals surface area contributed by atoms with Crippen molar-refractivity contribution in [2.45, 2.75) is 75.9 Å². The minimum Gasteiger partial charge on any atom is -0.526 e. The van der Waals surface area contributed by atoms with Crippen molar-refractivity contribution >= 4 is 53.6 Å². The van der Waals surface area contributed by atoms with Crippen LogP contribution in [0.2, 0.25) is 0 Å². The molecule has 6 heterocycles. The van der Waals surface area contributed by atoms with Crippen LogP contribution in [0.3, 0.4) is 0 Å². The molecule has 361 valence electrons. The number of nitrogens with zero attached hydrogens (tertiary/aromatic N) is 6. The van der Waals surface area contributed by atoms with E-state index in [1.807, 2.05) is 50.2 Å². The van der Waals surface area contributed by atoms with E-state index in [1.165, 1.54) is 30.4 Å². The second kappa shape index (κ2) is 18.7. The maximum atomic E-state index is 13.3. The van der Waals surface area contributed by atoms with Crippen molar-refractivity contribution in [3.05, 3.63) is 164 Å². The topological polar surface area (TPSA) is 160 Å². The normalized spacial score (nSPS) is 17.8. The first-order valence-electron chi connectivity index (χ1n) is 22.3. The van der Waals surface area contributed by atoms with Gasteiger partial charge in [-0.1, -0.05) is 12.1 Å². The molecule has 0 aliphatic heterocycles. The number of thiazole rings is 2. The zero-order valence-corrected chi connectivity index (χ0v) is 39.3. The van der Waals surface area contributed by atoms with E-state index in [9.17, 15) is 36.6 Å². The second-order valence-corrected chi connectivity index (χ2v) is 19.5. The Balaban J connectivity index is 0.793. The minimum atomic E-state index is -4.52. The minimum absolute atomic E-state index is 0.000461. The summed E-state index contributed by atoms with van der Waals surface area (Å²) in [6.07, 6.45) is 0.0184. The van der Waals surface area contributed by atoms with Gasteiger partial charge in [0, 0.05) is 24.8 Å². The van der Waals surface area contributed by atoms with Crippen LogP contribution in [0.1, 0.15) is 80.2 Å². The Morgan fingerprint density at radius 2 is 1.00 bits per heavy atom. The maximum absolute atomic E-state index is 13.3. The number of aryl methyl sites for hydroxylation is 4. The van der Waals surface area contributed by atoms with Gasteiger partial charge in [0.05, 0.1) is 32.3 Å². The SMILES string of the molecule is Cc1cc(Nc2cc(C(F)(F)F)ccn2)nc(-c2cnc(C3(O)CCCc4cc(O[B]Oc5ccc6c(c5)CCCC6(O)c5ncc(-c6cc(C)cc(Nc7cc(C(F)(F)F)ccn7)n6)s5)ccc43)s2)c1. The molecule has 2 aliphatic rings. The number of hydrogen-bond donors (Lipinski definition) is 4. The molecule has 2 unspecified atom stereocenters. The molecular weight excluding hydrogens is 966 g/mol. The molecule has 10 rings (SSSR count). The lowest BCUT2D eigenvalue weighted by molar-refractivity contribution is -0.138. The Morgan fingerprint density at radius 3 is 1.42 bits per heavy atom. The zero-order chi connectivity index (χ0) is 49.7. The molecule has 2 atom stereocenters. The molecule has 0 bridgehead atoms. The van der Waals surface area contributed by atoms with E-state index < -0.39 is 34.7 Å². The fourth-order valence-corrected chi connectivity index (χ4v) is 10.9. The lowest BCUT2D eigenvalue weighted by Gasteiger charge is -2.33. The summed E-state index contributed by atoms with van der Waals surface area (Å²) >= 11 is 2.57. The number of alkyl halides is 6. The standard InChI is InChI=1S/C50H40BF6N8O4S2/c1-27-17-37(62-43(19-27)64-41-23-31(11-15-58-41)49(52,53)54)39-25-60-45(70-39)47(66)13-3-5-29-21-33(7-9-35(29)47)68-51-69-34-8-10-36-30(22-34)6-4-14-48(36,67)46-61-26-40(71-46)38-18-28(2)20-44(63-38)65-42-24-32(12-16-59-42)50(55,56)57/h7-12,15-26,66-67H,3-6,13-14H2,1-2H3,(H,58,62,64)(H,59,63,65). The molecular formula is C50H40BF6N8O4S2. The molecule has 12 nitrogen and oxygen atoms in total. The van der Waals surface area contributed by atoms with E-state index in [-0.39, 0.29) is 11.6 Å². The number of fused-ring (bicyclic) bond motifs is 2. The Bertz CT molecular complexity index is 3080. The van der Waals surface area contributed by atoms with Gasteiger partial charge in [-0.2, -0.15) is 26.3 Å². The van der Waals surface area contributed by atoms with Crippen molar-refractivity contribution < 1.29 is 45.9 Å². The third-order valence-electron chi connectivity index (χ3n) is 12.2. The fourth-order valence-electron chi connectivity index (χ4n) is 8.92. The van der Waals surface area contributed by atoms with E-state index >= 15 is 0 Å². The molecule has 2 aromatic carbocycles. The molecule has 21 heteroatoms. The summed E-state index contributed by atoms with van der Waals surface area (Å²) in [5.41, 5.74) is 1.42.